The van der Waals surface area contributed by atoms with E-state index in [1.807, 2.05) is 10.8 Å². The number of hydrogen-bond acceptors (Lipinski definition) is 5. The first-order valence-corrected chi connectivity index (χ1v) is 10.9. The Labute approximate surface area is 123 Å². The van der Waals surface area contributed by atoms with E-state index < -0.39 is 0 Å². The number of nitrogens with zero attached hydrogens (tertiary/aromatic N) is 2. The van der Waals surface area contributed by atoms with E-state index >= 15 is 0 Å². The summed E-state index contributed by atoms with van der Waals surface area (Å²) in [5.74, 6) is 2.34. The number of hydrogen-bond donors (Lipinski definition) is 0. The van der Waals surface area contributed by atoms with Crippen molar-refractivity contribution in [1.82, 2.24) is 0 Å². The van der Waals surface area contributed by atoms with Gasteiger partial charge in [0.25, 0.3) is 0 Å². The predicted molar refractivity (Wildman–Crippen MR) is 85.3 cm³/mol. The predicted octanol–water partition coefficient (Wildman–Crippen LogP) is 3.78. The Bertz CT molecular complexity index is 363. The van der Waals surface area contributed by atoms with Crippen LogP contribution >= 0.6 is 18.4 Å². The van der Waals surface area contributed by atoms with Crippen molar-refractivity contribution in [2.75, 3.05) is 24.7 Å². The summed E-state index contributed by atoms with van der Waals surface area (Å²) in [6.07, 6.45) is 3.14. The Kier molecular flexibility index (Phi) is 9.54. The molecule has 19 heavy (non-hydrogen) atoms. The molecule has 0 N–H and O–H groups in total. The zero-order valence-corrected chi connectivity index (χ0v) is 14.0. The molecule has 4 nitrogen and oxygen atoms in total. The highest BCUT2D eigenvalue weighted by molar-refractivity contribution is 8.79. The molecule has 0 aromatic heterocycles. The van der Waals surface area contributed by atoms with E-state index in [0.29, 0.717) is 12.3 Å². The van der Waals surface area contributed by atoms with Crippen LogP contribution in [0.3, 0.4) is 0 Å². The van der Waals surface area contributed by atoms with Crippen LogP contribution in [0.4, 0.5) is 0 Å². The molecule has 0 radical (unpaired) electrons. The molecule has 1 rings (SSSR count). The number of nitriles is 1. The van der Waals surface area contributed by atoms with Crippen molar-refractivity contribution in [3.05, 3.63) is 0 Å². The number of ether oxygens (including phenoxy) is 1. The molecular formula is C12H21N2O2PS2. The van der Waals surface area contributed by atoms with Crippen molar-refractivity contribution in [3.63, 3.8) is 0 Å². The van der Waals surface area contributed by atoms with Gasteiger partial charge in [0.05, 0.1) is 6.61 Å². The second kappa shape index (κ2) is 10.7. The van der Waals surface area contributed by atoms with Crippen LogP contribution < -0.4 is 0 Å². The lowest BCUT2D eigenvalue weighted by molar-refractivity contribution is 0.0766. The molecule has 1 aliphatic heterocycles. The van der Waals surface area contributed by atoms with Gasteiger partial charge >= 0.3 is 0 Å². The van der Waals surface area contributed by atoms with Crippen LogP contribution in [0.2, 0.25) is 0 Å². The summed E-state index contributed by atoms with van der Waals surface area (Å²) in [5.41, 5.74) is 0.479. The third-order valence-corrected chi connectivity index (χ3v) is 9.24. The van der Waals surface area contributed by atoms with E-state index in [-0.39, 0.29) is 15.0 Å². The van der Waals surface area contributed by atoms with Gasteiger partial charge in [0.2, 0.25) is 7.58 Å². The Morgan fingerprint density at radius 2 is 2.47 bits per heavy atom. The second-order valence-corrected chi connectivity index (χ2v) is 10.7. The maximum atomic E-state index is 9.12. The van der Waals surface area contributed by atoms with E-state index in [0.717, 1.165) is 38.5 Å². The van der Waals surface area contributed by atoms with E-state index in [1.165, 1.54) is 6.42 Å². The highest BCUT2D eigenvalue weighted by Gasteiger charge is 2.20. The number of oxime groups is 1. The molecule has 0 amide bonds. The van der Waals surface area contributed by atoms with Crippen molar-refractivity contribution in [3.8, 4) is 6.07 Å². The molecular weight excluding hydrogens is 299 g/mol. The monoisotopic (exact) mass is 320 g/mol. The summed E-state index contributed by atoms with van der Waals surface area (Å²) in [6, 6.07) is 2.14. The fraction of sp³-hybridized carbons (Fsp3) is 0.833. The lowest BCUT2D eigenvalue weighted by atomic mass is 9.98. The lowest BCUT2D eigenvalue weighted by Gasteiger charge is -2.19. The van der Waals surface area contributed by atoms with Crippen LogP contribution in [0.25, 0.3) is 0 Å². The van der Waals surface area contributed by atoms with Crippen molar-refractivity contribution in [2.24, 2.45) is 11.1 Å². The zero-order chi connectivity index (χ0) is 13.9. The van der Waals surface area contributed by atoms with Gasteiger partial charge in [0.1, 0.15) is 6.07 Å². The summed E-state index contributed by atoms with van der Waals surface area (Å²) in [7, 11) is 2.96. The molecule has 0 aliphatic carbocycles. The van der Waals surface area contributed by atoms with Crippen LogP contribution in [-0.4, -0.2) is 30.4 Å². The van der Waals surface area contributed by atoms with Gasteiger partial charge in [-0.2, -0.15) is 5.26 Å². The first-order chi connectivity index (χ1) is 9.31. The van der Waals surface area contributed by atoms with Gasteiger partial charge in [0, 0.05) is 24.0 Å². The largest absolute Gasteiger partial charge is 0.381 e. The van der Waals surface area contributed by atoms with E-state index in [2.05, 4.69) is 25.1 Å². The third kappa shape index (κ3) is 6.76. The summed E-state index contributed by atoms with van der Waals surface area (Å²) < 4.78 is 10.7. The minimum absolute atomic E-state index is 0.112. The standard InChI is InChI=1S/C12H21N2O2PS2/c1-3-8-18-19(4-2)17-16-14-12(9-13)11-6-5-7-15-10-11/h11H,3-8,10H2,1-2H3. The molecule has 1 fully saturated rings. The van der Waals surface area contributed by atoms with E-state index in [1.54, 1.807) is 0 Å². The molecule has 2 atom stereocenters. The SMILES string of the molecule is CCCSS(CC)=PON=C(C#N)C1CCCOC1. The van der Waals surface area contributed by atoms with Crippen molar-refractivity contribution >= 4 is 33.2 Å². The van der Waals surface area contributed by atoms with Crippen LogP contribution in [0.5, 0.6) is 0 Å². The van der Waals surface area contributed by atoms with Gasteiger partial charge in [-0.25, -0.2) is 0 Å². The third-order valence-electron chi connectivity index (χ3n) is 2.59. The Morgan fingerprint density at radius 3 is 3.05 bits per heavy atom. The fourth-order valence-corrected chi connectivity index (χ4v) is 6.10. The molecule has 1 heterocycles. The van der Waals surface area contributed by atoms with Gasteiger partial charge in [-0.15, -0.1) is 0 Å². The Morgan fingerprint density at radius 1 is 1.63 bits per heavy atom. The topological polar surface area (TPSA) is 54.6 Å². The molecule has 2 unspecified atom stereocenters. The fourth-order valence-electron chi connectivity index (χ4n) is 1.58. The van der Waals surface area contributed by atoms with Crippen molar-refractivity contribution in [1.29, 1.82) is 5.26 Å². The van der Waals surface area contributed by atoms with Crippen molar-refractivity contribution in [2.45, 2.75) is 33.1 Å². The molecule has 0 aromatic rings. The van der Waals surface area contributed by atoms with Gasteiger partial charge < -0.3 is 9.36 Å². The highest BCUT2D eigenvalue weighted by atomic mass is 33.2. The molecule has 0 saturated carbocycles. The molecule has 0 aromatic carbocycles. The number of rotatable bonds is 7. The molecule has 0 bridgehead atoms. The Balaban J connectivity index is 2.51. The zero-order valence-electron chi connectivity index (χ0n) is 11.5. The van der Waals surface area contributed by atoms with Crippen LogP contribution in [0.1, 0.15) is 33.1 Å². The average molecular weight is 320 g/mol. The van der Waals surface area contributed by atoms with E-state index in [9.17, 15) is 0 Å². The smallest absolute Gasteiger partial charge is 0.202 e. The maximum Gasteiger partial charge on any atom is 0.202 e. The normalized spacial score (nSPS) is 21.9. The van der Waals surface area contributed by atoms with Gasteiger partial charge in [-0.1, -0.05) is 38.9 Å². The van der Waals surface area contributed by atoms with E-state index in [4.69, 9.17) is 14.6 Å². The molecule has 0 spiro atoms. The quantitative estimate of drug-likeness (QED) is 0.310. The highest BCUT2D eigenvalue weighted by Crippen LogP contribution is 2.22. The summed E-state index contributed by atoms with van der Waals surface area (Å²) in [4.78, 5) is 0. The van der Waals surface area contributed by atoms with Crippen LogP contribution in [0.15, 0.2) is 5.16 Å². The maximum absolute atomic E-state index is 9.12. The lowest BCUT2D eigenvalue weighted by Crippen LogP contribution is -2.24. The Hall–Kier alpha value is -0.0800. The van der Waals surface area contributed by atoms with Crippen molar-refractivity contribution < 1.29 is 9.36 Å². The van der Waals surface area contributed by atoms with Crippen LogP contribution in [-0.2, 0) is 18.5 Å². The molecule has 1 saturated heterocycles. The second-order valence-electron chi connectivity index (χ2n) is 4.09. The van der Waals surface area contributed by atoms with Crippen LogP contribution in [0, 0.1) is 17.2 Å². The molecule has 1 aliphatic rings. The van der Waals surface area contributed by atoms with Gasteiger partial charge in [-0.3, -0.25) is 0 Å². The molecule has 108 valence electrons. The summed E-state index contributed by atoms with van der Waals surface area (Å²) >= 11 is 0. The average Bonchev–Trinajstić information content (AvgIpc) is 2.47. The van der Waals surface area contributed by atoms with Gasteiger partial charge in [-0.05, 0) is 19.3 Å². The summed E-state index contributed by atoms with van der Waals surface area (Å²) in [6.45, 7) is 5.72. The first kappa shape index (κ1) is 17.0. The van der Waals surface area contributed by atoms with Gasteiger partial charge in [0.15, 0.2) is 5.71 Å². The first-order valence-electron chi connectivity index (χ1n) is 6.59. The summed E-state index contributed by atoms with van der Waals surface area (Å²) in [5, 5.41) is 13.1. The minimum Gasteiger partial charge on any atom is -0.381 e. The minimum atomic E-state index is 0.112. The molecule has 7 heteroatoms.